The quantitative estimate of drug-likeness (QED) is 0.775. The molecule has 1 fully saturated rings. The average Bonchev–Trinajstić information content (AvgIpc) is 3.12. The number of amides is 1. The molecule has 1 aliphatic carbocycles. The molecule has 0 aromatic carbocycles. The molecule has 0 aliphatic heterocycles. The Morgan fingerprint density at radius 1 is 1.41 bits per heavy atom. The van der Waals surface area contributed by atoms with E-state index in [4.69, 9.17) is 0 Å². The van der Waals surface area contributed by atoms with Crippen molar-refractivity contribution in [2.75, 3.05) is 0 Å². The van der Waals surface area contributed by atoms with Crippen LogP contribution in [0.25, 0.3) is 11.0 Å². The third-order valence-electron chi connectivity index (χ3n) is 3.89. The first-order valence-corrected chi connectivity index (χ1v) is 8.04. The van der Waals surface area contributed by atoms with Crippen molar-refractivity contribution in [2.45, 2.75) is 25.8 Å². The Bertz CT molecular complexity index is 835. The van der Waals surface area contributed by atoms with Crippen molar-refractivity contribution in [1.29, 1.82) is 0 Å². The zero-order chi connectivity index (χ0) is 15.1. The zero-order valence-corrected chi connectivity index (χ0v) is 12.9. The number of carbonyl (C=O) groups excluding carboxylic acids is 1. The molecule has 0 bridgehead atoms. The molecule has 112 valence electrons. The number of carbonyl (C=O) groups is 1. The first-order chi connectivity index (χ1) is 10.7. The van der Waals surface area contributed by atoms with E-state index in [1.807, 2.05) is 13.1 Å². The molecule has 3 aromatic rings. The molecule has 3 heterocycles. The van der Waals surface area contributed by atoms with Gasteiger partial charge in [0.05, 0.1) is 11.6 Å². The Balaban J connectivity index is 1.62. The summed E-state index contributed by atoms with van der Waals surface area (Å²) in [6.45, 7) is 2.03. The molecular weight excluding hydrogens is 298 g/mol. The van der Waals surface area contributed by atoms with Crippen molar-refractivity contribution in [3.8, 4) is 0 Å². The van der Waals surface area contributed by atoms with Crippen LogP contribution in [0.1, 0.15) is 39.1 Å². The molecule has 1 amide bonds. The minimum atomic E-state index is -0.106. The summed E-state index contributed by atoms with van der Waals surface area (Å²) in [7, 11) is 0. The van der Waals surface area contributed by atoms with E-state index in [2.05, 4.69) is 25.3 Å². The molecule has 0 spiro atoms. The second-order valence-corrected chi connectivity index (χ2v) is 6.85. The minimum absolute atomic E-state index is 0.000723. The number of aromatic nitrogens is 4. The fourth-order valence-corrected chi connectivity index (χ4v) is 3.51. The lowest BCUT2D eigenvalue weighted by Gasteiger charge is -2.15. The van der Waals surface area contributed by atoms with Crippen LogP contribution in [0.5, 0.6) is 0 Å². The number of hydrogen-bond acceptors (Lipinski definition) is 5. The van der Waals surface area contributed by atoms with Crippen molar-refractivity contribution in [3.05, 3.63) is 40.4 Å². The summed E-state index contributed by atoms with van der Waals surface area (Å²) in [4.78, 5) is 29.4. The number of rotatable bonds is 4. The van der Waals surface area contributed by atoms with Gasteiger partial charge in [0.1, 0.15) is 17.0 Å². The number of thiazole rings is 1. The van der Waals surface area contributed by atoms with E-state index in [0.717, 1.165) is 28.1 Å². The van der Waals surface area contributed by atoms with Gasteiger partial charge in [0, 0.05) is 28.9 Å². The molecule has 1 aliphatic rings. The van der Waals surface area contributed by atoms with Crippen LogP contribution < -0.4 is 5.32 Å². The number of fused-ring (bicyclic) bond motifs is 1. The van der Waals surface area contributed by atoms with Crippen LogP contribution in [-0.4, -0.2) is 25.8 Å². The molecule has 4 rings (SSSR count). The highest BCUT2D eigenvalue weighted by Gasteiger charge is 2.35. The van der Waals surface area contributed by atoms with Crippen LogP contribution in [0.4, 0.5) is 0 Å². The van der Waals surface area contributed by atoms with E-state index in [1.54, 1.807) is 23.7 Å². The van der Waals surface area contributed by atoms with Gasteiger partial charge in [-0.25, -0.2) is 15.0 Å². The van der Waals surface area contributed by atoms with Crippen molar-refractivity contribution >= 4 is 28.3 Å². The SMILES string of the molecule is Cc1cnc(C(NC(=O)c2c[nH]c3ncncc23)C2CC2)s1. The lowest BCUT2D eigenvalue weighted by Crippen LogP contribution is -2.29. The monoisotopic (exact) mass is 313 g/mol. The van der Waals surface area contributed by atoms with E-state index < -0.39 is 0 Å². The average molecular weight is 313 g/mol. The Labute approximate surface area is 131 Å². The van der Waals surface area contributed by atoms with Gasteiger partial charge in [0.15, 0.2) is 0 Å². The van der Waals surface area contributed by atoms with Gasteiger partial charge in [0.2, 0.25) is 0 Å². The molecule has 6 nitrogen and oxygen atoms in total. The van der Waals surface area contributed by atoms with E-state index in [0.29, 0.717) is 17.1 Å². The Kier molecular flexibility index (Phi) is 3.15. The van der Waals surface area contributed by atoms with E-state index in [9.17, 15) is 4.79 Å². The van der Waals surface area contributed by atoms with Gasteiger partial charge in [-0.2, -0.15) is 0 Å². The summed E-state index contributed by atoms with van der Waals surface area (Å²) in [5.74, 6) is 0.391. The normalized spacial score (nSPS) is 15.9. The predicted molar refractivity (Wildman–Crippen MR) is 83.7 cm³/mol. The summed E-state index contributed by atoms with van der Waals surface area (Å²) in [6, 6.07) is 0.000723. The first kappa shape index (κ1) is 13.4. The first-order valence-electron chi connectivity index (χ1n) is 7.22. The van der Waals surface area contributed by atoms with Gasteiger partial charge in [0.25, 0.3) is 5.91 Å². The van der Waals surface area contributed by atoms with E-state index in [1.165, 1.54) is 6.33 Å². The zero-order valence-electron chi connectivity index (χ0n) is 12.0. The second-order valence-electron chi connectivity index (χ2n) is 5.59. The van der Waals surface area contributed by atoms with Gasteiger partial charge in [-0.05, 0) is 25.7 Å². The highest BCUT2D eigenvalue weighted by Crippen LogP contribution is 2.42. The lowest BCUT2D eigenvalue weighted by atomic mass is 10.1. The lowest BCUT2D eigenvalue weighted by molar-refractivity contribution is 0.0933. The second kappa shape index (κ2) is 5.17. The van der Waals surface area contributed by atoms with Crippen molar-refractivity contribution in [1.82, 2.24) is 25.3 Å². The Hall–Kier alpha value is -2.28. The summed E-state index contributed by atoms with van der Waals surface area (Å²) >= 11 is 1.65. The summed E-state index contributed by atoms with van der Waals surface area (Å²) in [5.41, 5.74) is 1.25. The largest absolute Gasteiger partial charge is 0.345 e. The van der Waals surface area contributed by atoms with Gasteiger partial charge < -0.3 is 10.3 Å². The van der Waals surface area contributed by atoms with E-state index >= 15 is 0 Å². The van der Waals surface area contributed by atoms with Gasteiger partial charge in [-0.15, -0.1) is 11.3 Å². The highest BCUT2D eigenvalue weighted by molar-refractivity contribution is 7.11. The fourth-order valence-electron chi connectivity index (χ4n) is 2.59. The van der Waals surface area contributed by atoms with Crippen LogP contribution >= 0.6 is 11.3 Å². The van der Waals surface area contributed by atoms with Gasteiger partial charge in [-0.3, -0.25) is 4.79 Å². The summed E-state index contributed by atoms with van der Waals surface area (Å²) in [6.07, 6.45) is 8.95. The standard InChI is InChI=1S/C15H15N5OS/c1-8-4-18-15(22-8)12(9-2-3-9)20-14(21)11-6-17-13-10(11)5-16-7-19-13/h4-7,9,12H,2-3H2,1H3,(H,20,21)(H,16,17,19). The maximum Gasteiger partial charge on any atom is 0.254 e. The minimum Gasteiger partial charge on any atom is -0.345 e. The molecule has 0 radical (unpaired) electrons. The fraction of sp³-hybridized carbons (Fsp3) is 0.333. The number of hydrogen-bond donors (Lipinski definition) is 2. The third kappa shape index (κ3) is 2.37. The number of aryl methyl sites for hydroxylation is 1. The molecule has 0 saturated heterocycles. The smallest absolute Gasteiger partial charge is 0.254 e. The molecule has 22 heavy (non-hydrogen) atoms. The summed E-state index contributed by atoms with van der Waals surface area (Å²) < 4.78 is 0. The maximum atomic E-state index is 12.6. The third-order valence-corrected chi connectivity index (χ3v) is 4.88. The van der Waals surface area contributed by atoms with Crippen LogP contribution in [0.2, 0.25) is 0 Å². The van der Waals surface area contributed by atoms with Crippen molar-refractivity contribution < 1.29 is 4.79 Å². The predicted octanol–water partition coefficient (Wildman–Crippen LogP) is 2.60. The molecular formula is C15H15N5OS. The number of H-pyrrole nitrogens is 1. The molecule has 1 saturated carbocycles. The molecule has 1 atom stereocenters. The van der Waals surface area contributed by atoms with E-state index in [-0.39, 0.29) is 11.9 Å². The van der Waals surface area contributed by atoms with Gasteiger partial charge >= 0.3 is 0 Å². The molecule has 7 heteroatoms. The summed E-state index contributed by atoms with van der Waals surface area (Å²) in [5, 5.41) is 4.87. The Morgan fingerprint density at radius 3 is 3.00 bits per heavy atom. The molecule has 1 unspecified atom stereocenters. The van der Waals surface area contributed by atoms with Crippen LogP contribution in [0.3, 0.4) is 0 Å². The Morgan fingerprint density at radius 2 is 2.27 bits per heavy atom. The topological polar surface area (TPSA) is 83.6 Å². The maximum absolute atomic E-state index is 12.6. The van der Waals surface area contributed by atoms with Crippen molar-refractivity contribution in [2.24, 2.45) is 5.92 Å². The highest BCUT2D eigenvalue weighted by atomic mass is 32.1. The number of nitrogens with zero attached hydrogens (tertiary/aromatic N) is 3. The van der Waals surface area contributed by atoms with Crippen LogP contribution in [-0.2, 0) is 0 Å². The van der Waals surface area contributed by atoms with Crippen LogP contribution in [0, 0.1) is 12.8 Å². The molecule has 2 N–H and O–H groups in total. The van der Waals surface area contributed by atoms with Crippen LogP contribution in [0.15, 0.2) is 24.9 Å². The number of nitrogens with one attached hydrogen (secondary N) is 2. The van der Waals surface area contributed by atoms with Gasteiger partial charge in [-0.1, -0.05) is 0 Å². The van der Waals surface area contributed by atoms with Crippen molar-refractivity contribution in [3.63, 3.8) is 0 Å². The molecule has 3 aromatic heterocycles. The number of aromatic amines is 1.